The highest BCUT2D eigenvalue weighted by molar-refractivity contribution is 6.05. The fraction of sp³-hybridized carbons (Fsp3) is 0.333. The van der Waals surface area contributed by atoms with E-state index in [1.807, 2.05) is 15.5 Å². The number of anilines is 2. The summed E-state index contributed by atoms with van der Waals surface area (Å²) >= 11 is 0. The predicted octanol–water partition coefficient (Wildman–Crippen LogP) is 3.66. The van der Waals surface area contributed by atoms with E-state index in [1.54, 1.807) is 36.4 Å². The fourth-order valence-electron chi connectivity index (χ4n) is 5.53. The van der Waals surface area contributed by atoms with Gasteiger partial charge in [-0.2, -0.15) is 0 Å². The van der Waals surface area contributed by atoms with Crippen LogP contribution in [0.2, 0.25) is 0 Å². The number of nitro benzene ring substituents is 1. The molecule has 38 heavy (non-hydrogen) atoms. The highest BCUT2D eigenvalue weighted by Gasteiger charge is 2.36. The number of amides is 1. The number of carbonyl (C=O) groups is 1. The van der Waals surface area contributed by atoms with Crippen molar-refractivity contribution in [1.29, 1.82) is 0 Å². The minimum absolute atomic E-state index is 0.0147. The number of carbonyl (C=O) groups excluding carboxylic acids is 1. The Morgan fingerprint density at radius 3 is 2.39 bits per heavy atom. The van der Waals surface area contributed by atoms with Gasteiger partial charge in [-0.3, -0.25) is 19.7 Å². The zero-order valence-electron chi connectivity index (χ0n) is 21.3. The van der Waals surface area contributed by atoms with E-state index in [2.05, 4.69) is 5.32 Å². The van der Waals surface area contributed by atoms with Crippen molar-refractivity contribution in [3.8, 4) is 17.2 Å². The Morgan fingerprint density at radius 1 is 1.00 bits per heavy atom. The van der Waals surface area contributed by atoms with Crippen LogP contribution in [0.15, 0.2) is 53.3 Å². The van der Waals surface area contributed by atoms with Gasteiger partial charge in [0.15, 0.2) is 11.5 Å². The van der Waals surface area contributed by atoms with Gasteiger partial charge in [0, 0.05) is 66.8 Å². The lowest BCUT2D eigenvalue weighted by molar-refractivity contribution is -0.384. The topological polar surface area (TPSA) is 125 Å². The normalized spacial score (nSPS) is 17.8. The summed E-state index contributed by atoms with van der Waals surface area (Å²) in [5.41, 5.74) is 1.78. The summed E-state index contributed by atoms with van der Waals surface area (Å²) in [6.07, 6.45) is 0.934. The van der Waals surface area contributed by atoms with Gasteiger partial charge in [-0.25, -0.2) is 0 Å². The molecule has 0 saturated carbocycles. The second-order valence-corrected chi connectivity index (χ2v) is 9.43. The Hall–Kier alpha value is -4.54. The van der Waals surface area contributed by atoms with E-state index < -0.39 is 10.8 Å². The largest absolute Gasteiger partial charge is 0.493 e. The third-order valence-corrected chi connectivity index (χ3v) is 7.18. The van der Waals surface area contributed by atoms with Crippen molar-refractivity contribution in [1.82, 2.24) is 4.57 Å². The molecule has 198 valence electrons. The van der Waals surface area contributed by atoms with Gasteiger partial charge in [-0.05, 0) is 30.5 Å². The molecule has 2 aliphatic rings. The van der Waals surface area contributed by atoms with Gasteiger partial charge in [0.2, 0.25) is 5.75 Å². The molecule has 5 rings (SSSR count). The van der Waals surface area contributed by atoms with Gasteiger partial charge in [0.25, 0.3) is 17.2 Å². The molecule has 0 radical (unpaired) electrons. The van der Waals surface area contributed by atoms with Crippen LogP contribution in [-0.4, -0.2) is 49.8 Å². The van der Waals surface area contributed by atoms with Crippen LogP contribution in [-0.2, 0) is 6.54 Å². The lowest BCUT2D eigenvalue weighted by Crippen LogP contribution is -2.47. The Morgan fingerprint density at radius 2 is 1.74 bits per heavy atom. The smallest absolute Gasteiger partial charge is 0.293 e. The van der Waals surface area contributed by atoms with E-state index in [1.165, 1.54) is 27.4 Å². The predicted molar refractivity (Wildman–Crippen MR) is 141 cm³/mol. The lowest BCUT2D eigenvalue weighted by atomic mass is 9.83. The zero-order chi connectivity index (χ0) is 27.0. The minimum atomic E-state index is -0.516. The molecule has 3 heterocycles. The second kappa shape index (κ2) is 10.1. The Labute approximate surface area is 218 Å². The molecule has 1 amide bonds. The lowest BCUT2D eigenvalue weighted by Gasteiger charge is -2.43. The maximum atomic E-state index is 13.1. The highest BCUT2D eigenvalue weighted by atomic mass is 16.6. The van der Waals surface area contributed by atoms with Crippen molar-refractivity contribution >= 4 is 23.0 Å². The molecule has 2 aromatic carbocycles. The summed E-state index contributed by atoms with van der Waals surface area (Å²) in [6.45, 7) is 1.73. The summed E-state index contributed by atoms with van der Waals surface area (Å²) in [4.78, 5) is 39.0. The van der Waals surface area contributed by atoms with Crippen LogP contribution in [0, 0.1) is 16.0 Å². The number of rotatable bonds is 7. The van der Waals surface area contributed by atoms with Crippen LogP contribution in [0.25, 0.3) is 0 Å². The van der Waals surface area contributed by atoms with Crippen molar-refractivity contribution < 1.29 is 23.9 Å². The molecule has 2 atom stereocenters. The highest BCUT2D eigenvalue weighted by Crippen LogP contribution is 2.41. The molecule has 11 nitrogen and oxygen atoms in total. The number of nitrogens with zero attached hydrogens (tertiary/aromatic N) is 3. The van der Waals surface area contributed by atoms with Crippen molar-refractivity contribution in [3.63, 3.8) is 0 Å². The maximum Gasteiger partial charge on any atom is 0.293 e. The average Bonchev–Trinajstić information content (AvgIpc) is 2.92. The van der Waals surface area contributed by atoms with E-state index in [0.29, 0.717) is 48.3 Å². The number of nitro groups is 1. The number of fused-ring (bicyclic) bond motifs is 4. The summed E-state index contributed by atoms with van der Waals surface area (Å²) < 4.78 is 17.8. The Kier molecular flexibility index (Phi) is 6.66. The molecule has 3 aromatic rings. The quantitative estimate of drug-likeness (QED) is 0.370. The molecule has 0 aliphatic carbocycles. The van der Waals surface area contributed by atoms with Gasteiger partial charge >= 0.3 is 0 Å². The first kappa shape index (κ1) is 25.1. The Balaban J connectivity index is 1.41. The summed E-state index contributed by atoms with van der Waals surface area (Å²) in [5.74, 6) is 0.887. The number of hydrogen-bond donors (Lipinski definition) is 1. The van der Waals surface area contributed by atoms with E-state index in [0.717, 1.165) is 12.1 Å². The van der Waals surface area contributed by atoms with Crippen LogP contribution in [0.4, 0.5) is 17.1 Å². The molecule has 1 saturated heterocycles. The van der Waals surface area contributed by atoms with Crippen molar-refractivity contribution in [2.24, 2.45) is 5.92 Å². The molecule has 11 heteroatoms. The third-order valence-electron chi connectivity index (χ3n) is 7.18. The zero-order valence-corrected chi connectivity index (χ0v) is 21.3. The number of hydrogen-bond acceptors (Lipinski definition) is 8. The summed E-state index contributed by atoms with van der Waals surface area (Å²) in [5, 5.41) is 14.8. The van der Waals surface area contributed by atoms with E-state index >= 15 is 0 Å². The molecule has 2 bridgehead atoms. The molecule has 0 spiro atoms. The number of pyridine rings is 1. The maximum absolute atomic E-state index is 13.1. The first-order chi connectivity index (χ1) is 18.3. The molecule has 0 unspecified atom stereocenters. The molecule has 1 fully saturated rings. The van der Waals surface area contributed by atoms with Crippen molar-refractivity contribution in [2.75, 3.05) is 44.6 Å². The number of nitrogens with one attached hydrogen (secondary N) is 1. The number of aromatic nitrogens is 1. The van der Waals surface area contributed by atoms with E-state index in [9.17, 15) is 19.7 Å². The number of methoxy groups -OCH3 is 3. The van der Waals surface area contributed by atoms with Gasteiger partial charge in [-0.15, -0.1) is 0 Å². The summed E-state index contributed by atoms with van der Waals surface area (Å²) in [7, 11) is 4.42. The van der Waals surface area contributed by atoms with Crippen LogP contribution in [0.3, 0.4) is 0 Å². The second-order valence-electron chi connectivity index (χ2n) is 9.43. The van der Waals surface area contributed by atoms with Gasteiger partial charge in [0.05, 0.1) is 26.3 Å². The third kappa shape index (κ3) is 4.51. The van der Waals surface area contributed by atoms with Crippen LogP contribution in [0.5, 0.6) is 17.2 Å². The van der Waals surface area contributed by atoms with Gasteiger partial charge < -0.3 is 29.0 Å². The average molecular weight is 521 g/mol. The molecular formula is C27H28N4O7. The van der Waals surface area contributed by atoms with Crippen LogP contribution in [0.1, 0.15) is 28.4 Å². The van der Waals surface area contributed by atoms with E-state index in [4.69, 9.17) is 14.2 Å². The van der Waals surface area contributed by atoms with Gasteiger partial charge in [0.1, 0.15) is 5.69 Å². The van der Waals surface area contributed by atoms with Crippen LogP contribution < -0.4 is 30.0 Å². The SMILES string of the molecule is COc1cc(NC(=O)c2ccc(N3C[C@H]4C[C@@H](C3)c3cccc(=O)n3C4)c([N+](=O)[O-])c2)cc(OC)c1OC. The monoisotopic (exact) mass is 520 g/mol. The minimum Gasteiger partial charge on any atom is -0.493 e. The number of ether oxygens (including phenoxy) is 3. The van der Waals surface area contributed by atoms with Crippen molar-refractivity contribution in [2.45, 2.75) is 18.9 Å². The first-order valence-corrected chi connectivity index (χ1v) is 12.2. The summed E-state index contributed by atoms with van der Waals surface area (Å²) in [6, 6.07) is 12.9. The fourth-order valence-corrected chi connectivity index (χ4v) is 5.53. The molecule has 2 aliphatic heterocycles. The molecule has 1 aromatic heterocycles. The first-order valence-electron chi connectivity index (χ1n) is 12.2. The molecule has 1 N–H and O–H groups in total. The van der Waals surface area contributed by atoms with Crippen LogP contribution >= 0.6 is 0 Å². The Bertz CT molecular complexity index is 1440. The number of benzene rings is 2. The standard InChI is InChI=1S/C27H28N4O7/c1-36-23-11-19(12-24(37-2)26(23)38-3)28-27(33)17-7-8-21(22(10-17)31(34)35)29-13-16-9-18(15-29)20-5-4-6-25(32)30(20)14-16/h4-8,10-12,16,18H,9,13-15H2,1-3H3,(H,28,33)/t16-,18+/m1/s1. The number of piperidine rings is 1. The van der Waals surface area contributed by atoms with Gasteiger partial charge in [-0.1, -0.05) is 6.07 Å². The van der Waals surface area contributed by atoms with E-state index in [-0.39, 0.29) is 28.6 Å². The molecular weight excluding hydrogens is 492 g/mol. The van der Waals surface area contributed by atoms with Crippen molar-refractivity contribution in [3.05, 3.63) is 80.3 Å².